The van der Waals surface area contributed by atoms with Gasteiger partial charge in [-0.2, -0.15) is 0 Å². The van der Waals surface area contributed by atoms with E-state index in [9.17, 15) is 14.7 Å². The van der Waals surface area contributed by atoms with Crippen LogP contribution < -0.4 is 20.5 Å². The number of anilines is 1. The maximum absolute atomic E-state index is 13.2. The SMILES string of the molecule is COc1ccc(C(=O)O)c(OC)c1Cc1cccc(C(CN)C(=O)Nc2ccc3cnccc3c2)c1. The number of nitrogens with zero attached hydrogens (tertiary/aromatic N) is 1. The molecule has 184 valence electrons. The van der Waals surface area contributed by atoms with Gasteiger partial charge in [-0.15, -0.1) is 0 Å². The van der Waals surface area contributed by atoms with Crippen LogP contribution in [0, 0.1) is 0 Å². The number of carbonyl (C=O) groups is 2. The van der Waals surface area contributed by atoms with Gasteiger partial charge in [-0.05, 0) is 46.8 Å². The van der Waals surface area contributed by atoms with E-state index >= 15 is 0 Å². The van der Waals surface area contributed by atoms with Gasteiger partial charge >= 0.3 is 5.97 Å². The molecule has 0 aliphatic rings. The minimum atomic E-state index is -1.09. The largest absolute Gasteiger partial charge is 0.496 e. The Hall–Kier alpha value is -4.43. The van der Waals surface area contributed by atoms with Crippen molar-refractivity contribution in [1.29, 1.82) is 0 Å². The highest BCUT2D eigenvalue weighted by Gasteiger charge is 2.22. The van der Waals surface area contributed by atoms with Crippen LogP contribution >= 0.6 is 0 Å². The number of fused-ring (bicyclic) bond motifs is 1. The third kappa shape index (κ3) is 5.13. The summed E-state index contributed by atoms with van der Waals surface area (Å²) in [6.45, 7) is 0.119. The summed E-state index contributed by atoms with van der Waals surface area (Å²) in [7, 11) is 2.95. The quantitative estimate of drug-likeness (QED) is 0.324. The Morgan fingerprint density at radius 1 is 1.03 bits per heavy atom. The van der Waals surface area contributed by atoms with E-state index in [4.69, 9.17) is 15.2 Å². The summed E-state index contributed by atoms with van der Waals surface area (Å²) in [5.41, 5.74) is 8.97. The predicted molar refractivity (Wildman–Crippen MR) is 138 cm³/mol. The number of methoxy groups -OCH3 is 2. The molecule has 4 aromatic rings. The maximum Gasteiger partial charge on any atom is 0.339 e. The summed E-state index contributed by atoms with van der Waals surface area (Å²) in [5.74, 6) is -1.12. The minimum Gasteiger partial charge on any atom is -0.496 e. The summed E-state index contributed by atoms with van der Waals surface area (Å²) in [5, 5.41) is 14.5. The van der Waals surface area contributed by atoms with Crippen LogP contribution in [-0.2, 0) is 11.2 Å². The van der Waals surface area contributed by atoms with Crippen molar-refractivity contribution in [2.45, 2.75) is 12.3 Å². The summed E-state index contributed by atoms with van der Waals surface area (Å²) in [4.78, 5) is 29.0. The molecule has 0 saturated carbocycles. The first kappa shape index (κ1) is 24.7. The van der Waals surface area contributed by atoms with Gasteiger partial charge in [0.25, 0.3) is 0 Å². The van der Waals surface area contributed by atoms with Crippen LogP contribution in [0.2, 0.25) is 0 Å². The molecule has 1 heterocycles. The number of carbonyl (C=O) groups excluding carboxylic acids is 1. The van der Waals surface area contributed by atoms with Gasteiger partial charge in [-0.1, -0.05) is 30.3 Å². The first-order valence-electron chi connectivity index (χ1n) is 11.4. The van der Waals surface area contributed by atoms with Gasteiger partial charge in [0, 0.05) is 42.0 Å². The van der Waals surface area contributed by atoms with E-state index in [1.54, 1.807) is 18.5 Å². The fourth-order valence-electron chi connectivity index (χ4n) is 4.28. The summed E-state index contributed by atoms with van der Waals surface area (Å²) >= 11 is 0. The number of nitrogens with two attached hydrogens (primary N) is 1. The van der Waals surface area contributed by atoms with E-state index in [1.807, 2.05) is 48.5 Å². The second kappa shape index (κ2) is 10.9. The lowest BCUT2D eigenvalue weighted by atomic mass is 9.93. The number of aromatic carboxylic acids is 1. The Balaban J connectivity index is 1.60. The lowest BCUT2D eigenvalue weighted by molar-refractivity contribution is -0.117. The number of aromatic nitrogens is 1. The molecule has 1 aromatic heterocycles. The zero-order chi connectivity index (χ0) is 25.7. The van der Waals surface area contributed by atoms with Crippen molar-refractivity contribution in [3.8, 4) is 11.5 Å². The zero-order valence-corrected chi connectivity index (χ0v) is 20.0. The van der Waals surface area contributed by atoms with Gasteiger partial charge in [0.2, 0.25) is 5.91 Å². The van der Waals surface area contributed by atoms with Crippen LogP contribution in [-0.4, -0.2) is 42.7 Å². The van der Waals surface area contributed by atoms with Crippen molar-refractivity contribution in [2.24, 2.45) is 5.73 Å². The number of amides is 1. The van der Waals surface area contributed by atoms with Gasteiger partial charge in [-0.3, -0.25) is 9.78 Å². The normalized spacial score (nSPS) is 11.6. The summed E-state index contributed by atoms with van der Waals surface area (Å²) < 4.78 is 10.9. The van der Waals surface area contributed by atoms with Crippen molar-refractivity contribution in [2.75, 3.05) is 26.1 Å². The number of carboxylic acids is 1. The zero-order valence-electron chi connectivity index (χ0n) is 20.0. The number of nitrogens with one attached hydrogen (secondary N) is 1. The Labute approximate surface area is 208 Å². The van der Waals surface area contributed by atoms with E-state index in [1.165, 1.54) is 20.3 Å². The Kier molecular flexibility index (Phi) is 7.46. The number of hydrogen-bond acceptors (Lipinski definition) is 6. The molecule has 1 unspecified atom stereocenters. The lowest BCUT2D eigenvalue weighted by Crippen LogP contribution is -2.27. The van der Waals surface area contributed by atoms with E-state index in [2.05, 4.69) is 10.3 Å². The number of pyridine rings is 1. The molecule has 0 spiro atoms. The van der Waals surface area contributed by atoms with Crippen LogP contribution in [0.1, 0.15) is 33.0 Å². The first-order chi connectivity index (χ1) is 17.4. The molecule has 8 nitrogen and oxygen atoms in total. The fraction of sp³-hybridized carbons (Fsp3) is 0.179. The average molecular weight is 486 g/mol. The molecule has 0 fully saturated rings. The molecule has 1 amide bonds. The number of hydrogen-bond donors (Lipinski definition) is 3. The molecule has 8 heteroatoms. The van der Waals surface area contributed by atoms with Gasteiger partial charge in [0.15, 0.2) is 0 Å². The molecule has 4 N–H and O–H groups in total. The molecular weight excluding hydrogens is 458 g/mol. The van der Waals surface area contributed by atoms with Crippen molar-refractivity contribution >= 4 is 28.3 Å². The molecule has 36 heavy (non-hydrogen) atoms. The summed E-state index contributed by atoms with van der Waals surface area (Å²) in [6, 6.07) is 18.1. The van der Waals surface area contributed by atoms with Crippen LogP contribution in [0.4, 0.5) is 5.69 Å². The van der Waals surface area contributed by atoms with E-state index in [-0.39, 0.29) is 23.8 Å². The number of carboxylic acid groups (broad SMARTS) is 1. The second-order valence-corrected chi connectivity index (χ2v) is 8.27. The van der Waals surface area contributed by atoms with E-state index in [0.29, 0.717) is 23.4 Å². The molecular formula is C28H27N3O5. The molecule has 0 aliphatic heterocycles. The van der Waals surface area contributed by atoms with Crippen LogP contribution in [0.3, 0.4) is 0 Å². The fourth-order valence-corrected chi connectivity index (χ4v) is 4.28. The van der Waals surface area contributed by atoms with Crippen LogP contribution in [0.25, 0.3) is 10.8 Å². The lowest BCUT2D eigenvalue weighted by Gasteiger charge is -2.18. The molecule has 1 atom stereocenters. The number of rotatable bonds is 9. The highest BCUT2D eigenvalue weighted by Crippen LogP contribution is 2.35. The van der Waals surface area contributed by atoms with Gasteiger partial charge in [0.05, 0.1) is 20.1 Å². The molecule has 4 rings (SSSR count). The van der Waals surface area contributed by atoms with Crippen molar-refractivity contribution < 1.29 is 24.2 Å². The van der Waals surface area contributed by atoms with Gasteiger partial charge in [-0.25, -0.2) is 4.79 Å². The summed E-state index contributed by atoms with van der Waals surface area (Å²) in [6.07, 6.45) is 3.82. The molecule has 0 aliphatic carbocycles. The van der Waals surface area contributed by atoms with E-state index < -0.39 is 11.9 Å². The highest BCUT2D eigenvalue weighted by atomic mass is 16.5. The van der Waals surface area contributed by atoms with Crippen molar-refractivity contribution in [3.05, 3.63) is 95.3 Å². The predicted octanol–water partition coefficient (Wildman–Crippen LogP) is 4.22. The average Bonchev–Trinajstić information content (AvgIpc) is 2.89. The van der Waals surface area contributed by atoms with Gasteiger partial charge in [0.1, 0.15) is 17.1 Å². The molecule has 0 radical (unpaired) electrons. The molecule has 0 saturated heterocycles. The smallest absolute Gasteiger partial charge is 0.339 e. The molecule has 0 bridgehead atoms. The Bertz CT molecular complexity index is 1420. The van der Waals surface area contributed by atoms with Crippen LogP contribution in [0.5, 0.6) is 11.5 Å². The maximum atomic E-state index is 13.2. The van der Waals surface area contributed by atoms with E-state index in [0.717, 1.165) is 21.9 Å². The Morgan fingerprint density at radius 3 is 2.58 bits per heavy atom. The highest BCUT2D eigenvalue weighted by molar-refractivity contribution is 5.98. The number of ether oxygens (including phenoxy) is 2. The molecule has 3 aromatic carbocycles. The van der Waals surface area contributed by atoms with Gasteiger partial charge < -0.3 is 25.6 Å². The third-order valence-electron chi connectivity index (χ3n) is 6.07. The van der Waals surface area contributed by atoms with Crippen molar-refractivity contribution in [3.63, 3.8) is 0 Å². The Morgan fingerprint density at radius 2 is 1.86 bits per heavy atom. The minimum absolute atomic E-state index is 0.0508. The first-order valence-corrected chi connectivity index (χ1v) is 11.4. The third-order valence-corrected chi connectivity index (χ3v) is 6.07. The topological polar surface area (TPSA) is 124 Å². The van der Waals surface area contributed by atoms with Crippen LogP contribution in [0.15, 0.2) is 73.1 Å². The monoisotopic (exact) mass is 485 g/mol. The van der Waals surface area contributed by atoms with Crippen molar-refractivity contribution in [1.82, 2.24) is 4.98 Å². The second-order valence-electron chi connectivity index (χ2n) is 8.27. The standard InChI is InChI=1S/C28H27N3O5/c1-35-25-9-8-22(28(33)34)26(36-2)23(25)13-17-4-3-5-19(12-17)24(15-29)27(32)31-21-7-6-20-16-30-11-10-18(20)14-21/h3-12,14,16,24H,13,15,29H2,1-2H3,(H,31,32)(H,33,34). The number of benzene rings is 3.